The van der Waals surface area contributed by atoms with Crippen LogP contribution < -0.4 is 0 Å². The standard InChI is InChI=1S/C21H23NO3/c1-22(25-15-17-9-4-2-5-10-17)21(23)24-16-19-13-8-14-20(19)18-11-6-3-7-12-18/h2-7,9-12,14,19H,8,13,15-16H2,1H3. The van der Waals surface area contributed by atoms with Crippen LogP contribution in [-0.2, 0) is 16.2 Å². The van der Waals surface area contributed by atoms with Crippen LogP contribution in [0, 0.1) is 5.92 Å². The summed E-state index contributed by atoms with van der Waals surface area (Å²) in [6, 6.07) is 20.0. The molecule has 0 fully saturated rings. The van der Waals surface area contributed by atoms with Crippen LogP contribution in [0.4, 0.5) is 4.79 Å². The lowest BCUT2D eigenvalue weighted by Gasteiger charge is -2.20. The Kier molecular flexibility index (Phi) is 5.86. The second-order valence-electron chi connectivity index (χ2n) is 6.13. The molecule has 0 bridgehead atoms. The number of hydroxylamine groups is 2. The molecule has 3 rings (SSSR count). The van der Waals surface area contributed by atoms with Gasteiger partial charge in [-0.1, -0.05) is 66.7 Å². The molecule has 0 heterocycles. The van der Waals surface area contributed by atoms with Gasteiger partial charge < -0.3 is 4.74 Å². The number of amides is 1. The molecule has 130 valence electrons. The van der Waals surface area contributed by atoms with Crippen LogP contribution in [0.5, 0.6) is 0 Å². The van der Waals surface area contributed by atoms with Gasteiger partial charge in [0.25, 0.3) is 0 Å². The summed E-state index contributed by atoms with van der Waals surface area (Å²) < 4.78 is 5.45. The molecule has 2 aromatic carbocycles. The van der Waals surface area contributed by atoms with Gasteiger partial charge in [-0.2, -0.15) is 5.06 Å². The van der Waals surface area contributed by atoms with E-state index in [1.165, 1.54) is 11.1 Å². The third-order valence-electron chi connectivity index (χ3n) is 4.36. The van der Waals surface area contributed by atoms with Crippen molar-refractivity contribution in [1.82, 2.24) is 5.06 Å². The maximum Gasteiger partial charge on any atom is 0.433 e. The lowest BCUT2D eigenvalue weighted by atomic mass is 9.96. The minimum atomic E-state index is -0.463. The summed E-state index contributed by atoms with van der Waals surface area (Å²) in [5.41, 5.74) is 3.48. The Bertz CT molecular complexity index is 712. The summed E-state index contributed by atoms with van der Waals surface area (Å²) in [6.45, 7) is 0.712. The third-order valence-corrected chi connectivity index (χ3v) is 4.36. The van der Waals surface area contributed by atoms with E-state index in [0.29, 0.717) is 13.2 Å². The predicted octanol–water partition coefficient (Wildman–Crippen LogP) is 4.68. The van der Waals surface area contributed by atoms with Crippen LogP contribution in [0.1, 0.15) is 24.0 Å². The van der Waals surface area contributed by atoms with Gasteiger partial charge in [-0.15, -0.1) is 0 Å². The van der Waals surface area contributed by atoms with Gasteiger partial charge in [0.05, 0.1) is 0 Å². The molecule has 0 aromatic heterocycles. The number of ether oxygens (including phenoxy) is 1. The van der Waals surface area contributed by atoms with Gasteiger partial charge in [-0.25, -0.2) is 4.79 Å². The molecule has 0 N–H and O–H groups in total. The minimum absolute atomic E-state index is 0.244. The first kappa shape index (κ1) is 17.2. The highest BCUT2D eigenvalue weighted by Gasteiger charge is 2.23. The first-order chi connectivity index (χ1) is 12.2. The van der Waals surface area contributed by atoms with Crippen molar-refractivity contribution in [1.29, 1.82) is 0 Å². The van der Waals surface area contributed by atoms with Crippen LogP contribution in [0.25, 0.3) is 5.57 Å². The molecule has 0 aliphatic heterocycles. The molecule has 1 unspecified atom stereocenters. The summed E-state index contributed by atoms with van der Waals surface area (Å²) in [7, 11) is 1.58. The average Bonchev–Trinajstić information content (AvgIpc) is 3.14. The molecule has 4 heteroatoms. The molecular weight excluding hydrogens is 314 g/mol. The number of hydrogen-bond acceptors (Lipinski definition) is 3. The fourth-order valence-corrected chi connectivity index (χ4v) is 2.98. The van der Waals surface area contributed by atoms with Gasteiger partial charge in [-0.3, -0.25) is 4.84 Å². The van der Waals surface area contributed by atoms with E-state index in [2.05, 4.69) is 18.2 Å². The Morgan fingerprint density at radius 1 is 1.08 bits per heavy atom. The molecular formula is C21H23NO3. The summed E-state index contributed by atoms with van der Waals surface area (Å²) in [6.07, 6.45) is 3.80. The highest BCUT2D eigenvalue weighted by atomic mass is 16.7. The lowest BCUT2D eigenvalue weighted by Crippen LogP contribution is -2.29. The molecule has 4 nitrogen and oxygen atoms in total. The number of carbonyl (C=O) groups is 1. The van der Waals surface area contributed by atoms with Crippen molar-refractivity contribution < 1.29 is 14.4 Å². The summed E-state index contributed by atoms with van der Waals surface area (Å²) in [5, 5.41) is 1.16. The number of nitrogens with zero attached hydrogens (tertiary/aromatic N) is 1. The Labute approximate surface area is 148 Å². The van der Waals surface area contributed by atoms with Crippen LogP contribution in [0.3, 0.4) is 0 Å². The molecule has 0 spiro atoms. The molecule has 25 heavy (non-hydrogen) atoms. The number of allylic oxidation sites excluding steroid dienone is 1. The molecule has 0 saturated carbocycles. The van der Waals surface area contributed by atoms with Gasteiger partial charge in [0, 0.05) is 13.0 Å². The SMILES string of the molecule is CN(OCc1ccccc1)C(=O)OCC1CCC=C1c1ccccc1. The number of benzene rings is 2. The molecule has 0 saturated heterocycles. The van der Waals surface area contributed by atoms with Crippen molar-refractivity contribution >= 4 is 11.7 Å². The molecule has 1 amide bonds. The van der Waals surface area contributed by atoms with Crippen molar-refractivity contribution in [3.8, 4) is 0 Å². The summed E-state index contributed by atoms with van der Waals surface area (Å²) in [5.74, 6) is 0.244. The molecule has 2 aromatic rings. The maximum absolute atomic E-state index is 12.1. The molecule has 0 radical (unpaired) electrons. The first-order valence-electron chi connectivity index (χ1n) is 8.57. The minimum Gasteiger partial charge on any atom is -0.447 e. The fourth-order valence-electron chi connectivity index (χ4n) is 2.98. The topological polar surface area (TPSA) is 38.8 Å². The smallest absolute Gasteiger partial charge is 0.433 e. The molecule has 1 atom stereocenters. The van der Waals surface area contributed by atoms with E-state index in [1.807, 2.05) is 48.5 Å². The van der Waals surface area contributed by atoms with E-state index in [1.54, 1.807) is 7.05 Å². The predicted molar refractivity (Wildman–Crippen MR) is 97.5 cm³/mol. The fraction of sp³-hybridized carbons (Fsp3) is 0.286. The second kappa shape index (κ2) is 8.49. The van der Waals surface area contributed by atoms with Gasteiger partial charge in [0.1, 0.15) is 13.2 Å². The third kappa shape index (κ3) is 4.70. The zero-order valence-corrected chi connectivity index (χ0v) is 14.4. The number of carbonyl (C=O) groups excluding carboxylic acids is 1. The van der Waals surface area contributed by atoms with Gasteiger partial charge in [0.2, 0.25) is 0 Å². The Morgan fingerprint density at radius 3 is 2.48 bits per heavy atom. The van der Waals surface area contributed by atoms with Crippen LogP contribution >= 0.6 is 0 Å². The largest absolute Gasteiger partial charge is 0.447 e. The monoisotopic (exact) mass is 337 g/mol. The zero-order chi connectivity index (χ0) is 17.5. The Morgan fingerprint density at radius 2 is 1.76 bits per heavy atom. The number of rotatable bonds is 6. The van der Waals surface area contributed by atoms with Crippen LogP contribution in [0.15, 0.2) is 66.7 Å². The normalized spacial score (nSPS) is 16.4. The molecule has 1 aliphatic carbocycles. The van der Waals surface area contributed by atoms with Crippen LogP contribution in [0.2, 0.25) is 0 Å². The van der Waals surface area contributed by atoms with Gasteiger partial charge in [0.15, 0.2) is 0 Å². The molecule has 1 aliphatic rings. The highest BCUT2D eigenvalue weighted by Crippen LogP contribution is 2.33. The van der Waals surface area contributed by atoms with E-state index in [-0.39, 0.29) is 5.92 Å². The number of hydrogen-bond donors (Lipinski definition) is 0. The average molecular weight is 337 g/mol. The zero-order valence-electron chi connectivity index (χ0n) is 14.4. The van der Waals surface area contributed by atoms with Crippen molar-refractivity contribution in [2.45, 2.75) is 19.4 Å². The van der Waals surface area contributed by atoms with E-state index in [0.717, 1.165) is 23.5 Å². The lowest BCUT2D eigenvalue weighted by molar-refractivity contribution is -0.129. The first-order valence-corrected chi connectivity index (χ1v) is 8.57. The Balaban J connectivity index is 1.47. The highest BCUT2D eigenvalue weighted by molar-refractivity contribution is 5.70. The second-order valence-corrected chi connectivity index (χ2v) is 6.13. The van der Waals surface area contributed by atoms with Crippen molar-refractivity contribution in [3.63, 3.8) is 0 Å². The maximum atomic E-state index is 12.1. The van der Waals surface area contributed by atoms with E-state index >= 15 is 0 Å². The summed E-state index contributed by atoms with van der Waals surface area (Å²) in [4.78, 5) is 17.6. The van der Waals surface area contributed by atoms with Crippen LogP contribution in [-0.4, -0.2) is 24.8 Å². The van der Waals surface area contributed by atoms with Crippen molar-refractivity contribution in [2.24, 2.45) is 5.92 Å². The van der Waals surface area contributed by atoms with Gasteiger partial charge in [-0.05, 0) is 29.5 Å². The van der Waals surface area contributed by atoms with E-state index in [4.69, 9.17) is 9.57 Å². The quantitative estimate of drug-likeness (QED) is 0.718. The Hall–Kier alpha value is -2.59. The van der Waals surface area contributed by atoms with Crippen molar-refractivity contribution in [3.05, 3.63) is 77.9 Å². The van der Waals surface area contributed by atoms with Gasteiger partial charge >= 0.3 is 6.09 Å². The summed E-state index contributed by atoms with van der Waals surface area (Å²) >= 11 is 0. The van der Waals surface area contributed by atoms with E-state index < -0.39 is 6.09 Å². The van der Waals surface area contributed by atoms with Crippen molar-refractivity contribution in [2.75, 3.05) is 13.7 Å². The van der Waals surface area contributed by atoms with E-state index in [9.17, 15) is 4.79 Å².